The first-order chi connectivity index (χ1) is 8.29. The lowest BCUT2D eigenvalue weighted by molar-refractivity contribution is 0.175. The van der Waals surface area contributed by atoms with Crippen molar-refractivity contribution in [2.45, 2.75) is 6.17 Å². The fourth-order valence-electron chi connectivity index (χ4n) is 2.06. The molecule has 0 bridgehead atoms. The number of hydrogen-bond donors (Lipinski definition) is 1. The lowest BCUT2D eigenvalue weighted by atomic mass is 10.1. The summed E-state index contributed by atoms with van der Waals surface area (Å²) in [6.07, 6.45) is -0.941. The number of piperazine rings is 1. The van der Waals surface area contributed by atoms with Gasteiger partial charge in [-0.25, -0.2) is 4.39 Å². The molecule has 1 aliphatic rings. The fraction of sp³-hybridized carbons (Fsp3) is 0.538. The van der Waals surface area contributed by atoms with E-state index in [4.69, 9.17) is 4.74 Å². The molecule has 1 aliphatic heterocycles. The van der Waals surface area contributed by atoms with Gasteiger partial charge in [-0.1, -0.05) is 12.1 Å². The van der Waals surface area contributed by atoms with E-state index in [9.17, 15) is 4.39 Å². The highest BCUT2D eigenvalue weighted by molar-refractivity contribution is 5.30. The molecule has 1 heterocycles. The molecule has 1 aromatic carbocycles. The van der Waals surface area contributed by atoms with Gasteiger partial charge in [0.15, 0.2) is 0 Å². The van der Waals surface area contributed by atoms with Crippen LogP contribution in [0.5, 0.6) is 5.75 Å². The molecule has 0 unspecified atom stereocenters. The number of nitrogens with one attached hydrogen (secondary N) is 1. The first kappa shape index (κ1) is 12.3. The Bertz CT molecular complexity index is 353. The smallest absolute Gasteiger partial charge is 0.138 e. The van der Waals surface area contributed by atoms with Gasteiger partial charge in [0.25, 0.3) is 0 Å². The molecule has 0 aromatic heterocycles. The summed E-state index contributed by atoms with van der Waals surface area (Å²) in [6.45, 7) is 4.21. The summed E-state index contributed by atoms with van der Waals surface area (Å²) in [5.41, 5.74) is 0.697. The highest BCUT2D eigenvalue weighted by atomic mass is 19.1. The van der Waals surface area contributed by atoms with Crippen molar-refractivity contribution < 1.29 is 9.13 Å². The third kappa shape index (κ3) is 3.41. The van der Waals surface area contributed by atoms with E-state index in [0.717, 1.165) is 26.2 Å². The molecule has 1 N–H and O–H groups in total. The van der Waals surface area contributed by atoms with Gasteiger partial charge in [-0.05, 0) is 17.7 Å². The number of alkyl halides is 1. The van der Waals surface area contributed by atoms with Gasteiger partial charge in [0, 0.05) is 32.7 Å². The van der Waals surface area contributed by atoms with Crippen LogP contribution in [0.3, 0.4) is 0 Å². The summed E-state index contributed by atoms with van der Waals surface area (Å²) < 4.78 is 19.2. The zero-order chi connectivity index (χ0) is 12.1. The largest absolute Gasteiger partial charge is 0.497 e. The third-order valence-electron chi connectivity index (χ3n) is 3.08. The van der Waals surface area contributed by atoms with Crippen molar-refractivity contribution in [1.29, 1.82) is 0 Å². The third-order valence-corrected chi connectivity index (χ3v) is 3.08. The molecule has 1 saturated heterocycles. The number of nitrogens with zero attached hydrogens (tertiary/aromatic N) is 1. The van der Waals surface area contributed by atoms with Crippen LogP contribution in [0.1, 0.15) is 11.7 Å². The standard InChI is InChI=1S/C13H19FN2O/c1-17-12-4-2-3-11(9-12)13(14)10-16-7-5-15-6-8-16/h2-4,9,13,15H,5-8,10H2,1H3/t13-/m0/s1. The van der Waals surface area contributed by atoms with E-state index in [1.54, 1.807) is 13.2 Å². The summed E-state index contributed by atoms with van der Waals surface area (Å²) in [5.74, 6) is 0.713. The maximum absolute atomic E-state index is 14.1. The van der Waals surface area contributed by atoms with Crippen LogP contribution in [-0.2, 0) is 0 Å². The van der Waals surface area contributed by atoms with Gasteiger partial charge in [-0.15, -0.1) is 0 Å². The van der Waals surface area contributed by atoms with Crippen LogP contribution in [0.2, 0.25) is 0 Å². The van der Waals surface area contributed by atoms with Crippen LogP contribution < -0.4 is 10.1 Å². The van der Waals surface area contributed by atoms with Crippen LogP contribution in [0.4, 0.5) is 4.39 Å². The van der Waals surface area contributed by atoms with Crippen molar-refractivity contribution in [2.24, 2.45) is 0 Å². The van der Waals surface area contributed by atoms with E-state index < -0.39 is 6.17 Å². The number of ether oxygens (including phenoxy) is 1. The first-order valence-corrected chi connectivity index (χ1v) is 6.00. The van der Waals surface area contributed by atoms with Gasteiger partial charge in [-0.2, -0.15) is 0 Å². The van der Waals surface area contributed by atoms with Crippen LogP contribution >= 0.6 is 0 Å². The molecule has 0 spiro atoms. The second-order valence-corrected chi connectivity index (χ2v) is 4.29. The minimum absolute atomic E-state index is 0.467. The Kier molecular flexibility index (Phi) is 4.34. The second-order valence-electron chi connectivity index (χ2n) is 4.29. The van der Waals surface area contributed by atoms with Crippen molar-refractivity contribution >= 4 is 0 Å². The molecule has 0 amide bonds. The van der Waals surface area contributed by atoms with E-state index in [1.807, 2.05) is 18.2 Å². The van der Waals surface area contributed by atoms with Crippen LogP contribution in [-0.4, -0.2) is 44.7 Å². The Labute approximate surface area is 102 Å². The maximum atomic E-state index is 14.1. The van der Waals surface area contributed by atoms with E-state index in [-0.39, 0.29) is 0 Å². The number of halogens is 1. The highest BCUT2D eigenvalue weighted by Crippen LogP contribution is 2.22. The summed E-state index contributed by atoms with van der Waals surface area (Å²) in [4.78, 5) is 2.15. The van der Waals surface area contributed by atoms with E-state index in [1.165, 1.54) is 0 Å². The van der Waals surface area contributed by atoms with Crippen LogP contribution in [0.25, 0.3) is 0 Å². The van der Waals surface area contributed by atoms with Crippen molar-refractivity contribution in [1.82, 2.24) is 10.2 Å². The molecular weight excluding hydrogens is 219 g/mol. The highest BCUT2D eigenvalue weighted by Gasteiger charge is 2.17. The summed E-state index contributed by atoms with van der Waals surface area (Å²) in [6, 6.07) is 7.25. The SMILES string of the molecule is COc1cccc([C@@H](F)CN2CCNCC2)c1. The summed E-state index contributed by atoms with van der Waals surface area (Å²) in [5, 5.41) is 3.26. The lowest BCUT2D eigenvalue weighted by Crippen LogP contribution is -2.44. The van der Waals surface area contributed by atoms with Gasteiger partial charge in [0.2, 0.25) is 0 Å². The molecule has 4 heteroatoms. The van der Waals surface area contributed by atoms with Gasteiger partial charge >= 0.3 is 0 Å². The molecule has 0 aliphatic carbocycles. The topological polar surface area (TPSA) is 24.5 Å². The van der Waals surface area contributed by atoms with Crippen molar-refractivity contribution in [2.75, 3.05) is 39.8 Å². The molecule has 2 rings (SSSR count). The van der Waals surface area contributed by atoms with Crippen molar-refractivity contribution in [3.05, 3.63) is 29.8 Å². The molecule has 1 aromatic rings. The molecule has 94 valence electrons. The van der Waals surface area contributed by atoms with Crippen molar-refractivity contribution in [3.63, 3.8) is 0 Å². The molecular formula is C13H19FN2O. The molecule has 1 atom stereocenters. The van der Waals surface area contributed by atoms with E-state index >= 15 is 0 Å². The first-order valence-electron chi connectivity index (χ1n) is 6.00. The molecule has 3 nitrogen and oxygen atoms in total. The van der Waals surface area contributed by atoms with Crippen LogP contribution in [0.15, 0.2) is 24.3 Å². The number of rotatable bonds is 4. The average Bonchev–Trinajstić information content (AvgIpc) is 2.40. The summed E-state index contributed by atoms with van der Waals surface area (Å²) >= 11 is 0. The molecule has 0 saturated carbocycles. The second kappa shape index (κ2) is 5.98. The number of methoxy groups -OCH3 is 1. The zero-order valence-corrected chi connectivity index (χ0v) is 10.2. The van der Waals surface area contributed by atoms with Gasteiger partial charge in [0.05, 0.1) is 7.11 Å². The Morgan fingerprint density at radius 1 is 1.41 bits per heavy atom. The number of benzene rings is 1. The zero-order valence-electron chi connectivity index (χ0n) is 10.2. The van der Waals surface area contributed by atoms with Crippen LogP contribution in [0, 0.1) is 0 Å². The minimum atomic E-state index is -0.941. The summed E-state index contributed by atoms with van der Waals surface area (Å²) in [7, 11) is 1.60. The van der Waals surface area contributed by atoms with Gasteiger partial charge < -0.3 is 10.1 Å². The molecule has 0 radical (unpaired) electrons. The maximum Gasteiger partial charge on any atom is 0.138 e. The lowest BCUT2D eigenvalue weighted by Gasteiger charge is -2.28. The van der Waals surface area contributed by atoms with E-state index in [0.29, 0.717) is 17.9 Å². The monoisotopic (exact) mass is 238 g/mol. The molecule has 17 heavy (non-hydrogen) atoms. The molecule has 1 fully saturated rings. The Morgan fingerprint density at radius 2 is 2.18 bits per heavy atom. The predicted octanol–water partition coefficient (Wildman–Crippen LogP) is 1.61. The van der Waals surface area contributed by atoms with E-state index in [2.05, 4.69) is 10.2 Å². The van der Waals surface area contributed by atoms with Crippen molar-refractivity contribution in [3.8, 4) is 5.75 Å². The normalized spacial score (nSPS) is 18.9. The quantitative estimate of drug-likeness (QED) is 0.862. The Balaban J connectivity index is 1.95. The number of hydrogen-bond acceptors (Lipinski definition) is 3. The predicted molar refractivity (Wildman–Crippen MR) is 66.2 cm³/mol. The Hall–Kier alpha value is -1.13. The minimum Gasteiger partial charge on any atom is -0.497 e. The van der Waals surface area contributed by atoms with Gasteiger partial charge in [-0.3, -0.25) is 4.90 Å². The average molecular weight is 238 g/mol. The Morgan fingerprint density at radius 3 is 2.88 bits per heavy atom. The fourth-order valence-corrected chi connectivity index (χ4v) is 2.06. The van der Waals surface area contributed by atoms with Gasteiger partial charge in [0.1, 0.15) is 11.9 Å².